The Balaban J connectivity index is 0.000000120. The van der Waals surface area contributed by atoms with E-state index in [4.69, 9.17) is 46.0 Å². The number of hydrogen-bond donors (Lipinski definition) is 0. The van der Waals surface area contributed by atoms with Gasteiger partial charge in [0.2, 0.25) is 0 Å². The van der Waals surface area contributed by atoms with E-state index in [1.54, 1.807) is 55.8 Å². The van der Waals surface area contributed by atoms with Crippen molar-refractivity contribution in [2.24, 2.45) is 0 Å². The molecule has 0 bridgehead atoms. The van der Waals surface area contributed by atoms with Crippen LogP contribution >= 0.6 is 11.6 Å². The predicted molar refractivity (Wildman–Crippen MR) is 487 cm³/mol. The zero-order valence-corrected chi connectivity index (χ0v) is 67.0. The molecule has 0 fully saturated rings. The first-order valence-electron chi connectivity index (χ1n) is 40.9. The molecule has 2 unspecified atom stereocenters. The maximum atomic E-state index is 7.11. The number of fused-ring (bicyclic) bond motifs is 28. The van der Waals surface area contributed by atoms with E-state index in [2.05, 4.69) is 264 Å². The summed E-state index contributed by atoms with van der Waals surface area (Å²) in [6.07, 6.45) is 21.4. The maximum absolute atomic E-state index is 7.11. The number of pyridine rings is 4. The molecule has 26 rings (SSSR count). The molecule has 10 heterocycles. The fourth-order valence-electron chi connectivity index (χ4n) is 19.7. The molecule has 582 valence electrons. The standard InChI is InChI=1S/C53H31N7O.C39H22ClN5O.C15H12N2/c1-2-14-36(37-16-8-19-43-48(37)56-28-27-54-43)35(13-1)33-30-42-50(59-31-33)49-41(18-9-24-55-49)53(42)39-17-4-3-15-38(39)47-40(53)22-23-45-51(47)61-46-21-6-5-20-44(46)60(45)34-12-7-11-32(29-34)52-57-25-10-26-58-52;40-24-21-30-36(44-22-24)35-29(12-6-17-41-35)39(30)27-11-2-1-10-26(27)34-28(39)15-16-32-37(34)46-33-14-4-3-13-31(33)45(32)25-9-5-8-23(20-25)38-42-18-7-19-43-38;1-11-5-2-3-6-12(11)13-7-4-8-14-15(13)17-10-9-16-14/h1-31H;1-22H;2-10H,1H3. The quantitative estimate of drug-likeness (QED) is 0.147. The van der Waals surface area contributed by atoms with Crippen molar-refractivity contribution < 1.29 is 9.47 Å². The summed E-state index contributed by atoms with van der Waals surface area (Å²) in [5, 5.41) is 0.591. The minimum atomic E-state index is -0.724. The van der Waals surface area contributed by atoms with Gasteiger partial charge in [0.15, 0.2) is 34.6 Å². The second kappa shape index (κ2) is 28.7. The zero-order valence-electron chi connectivity index (χ0n) is 66.3. The Morgan fingerprint density at radius 2 is 0.685 bits per heavy atom. The summed E-state index contributed by atoms with van der Waals surface area (Å²) in [7, 11) is 0. The number of para-hydroxylation sites is 6. The number of rotatable bonds is 7. The number of benzene rings is 12. The number of nitrogens with zero attached hydrogens (tertiary/aromatic N) is 14. The smallest absolute Gasteiger partial charge is 0.159 e. The fraction of sp³-hybridized carbons (Fsp3) is 0.0280. The lowest BCUT2D eigenvalue weighted by molar-refractivity contribution is 0.478. The van der Waals surface area contributed by atoms with E-state index < -0.39 is 10.8 Å². The molecule has 2 spiro atoms. The molecule has 0 radical (unpaired) electrons. The van der Waals surface area contributed by atoms with Crippen LogP contribution in [0.3, 0.4) is 0 Å². The summed E-state index contributed by atoms with van der Waals surface area (Å²) < 4.78 is 14.0. The van der Waals surface area contributed by atoms with Crippen molar-refractivity contribution in [2.45, 2.75) is 17.8 Å². The van der Waals surface area contributed by atoms with Crippen LogP contribution in [0.2, 0.25) is 5.02 Å². The number of anilines is 6. The minimum absolute atomic E-state index is 0.591. The molecule has 17 heteroatoms. The highest BCUT2D eigenvalue weighted by molar-refractivity contribution is 6.30. The van der Waals surface area contributed by atoms with Crippen LogP contribution in [0.15, 0.2) is 378 Å². The first kappa shape index (κ1) is 71.7. The Kier molecular flexibility index (Phi) is 16.6. The Bertz CT molecular complexity index is 7800. The Labute approximate surface area is 717 Å². The molecule has 8 aromatic heterocycles. The summed E-state index contributed by atoms with van der Waals surface area (Å²) in [5.74, 6) is 4.50. The van der Waals surface area contributed by atoms with Crippen LogP contribution in [-0.2, 0) is 10.8 Å². The van der Waals surface area contributed by atoms with E-state index in [-0.39, 0.29) is 0 Å². The summed E-state index contributed by atoms with van der Waals surface area (Å²) in [4.78, 5) is 60.9. The van der Waals surface area contributed by atoms with Crippen LogP contribution in [0.5, 0.6) is 23.0 Å². The summed E-state index contributed by atoms with van der Waals surface area (Å²) in [5.41, 5.74) is 34.4. The van der Waals surface area contributed by atoms with Crippen molar-refractivity contribution in [1.29, 1.82) is 0 Å². The van der Waals surface area contributed by atoms with Crippen molar-refractivity contribution in [2.75, 3.05) is 9.80 Å². The van der Waals surface area contributed by atoms with Crippen LogP contribution in [0.25, 0.3) is 123 Å². The molecule has 0 N–H and O–H groups in total. The van der Waals surface area contributed by atoms with Crippen LogP contribution < -0.4 is 19.3 Å². The van der Waals surface area contributed by atoms with Gasteiger partial charge in [-0.05, 0) is 183 Å². The Hall–Kier alpha value is -16.4. The van der Waals surface area contributed by atoms with Gasteiger partial charge in [-0.2, -0.15) is 0 Å². The Morgan fingerprint density at radius 3 is 1.23 bits per heavy atom. The normalized spacial score (nSPS) is 14.9. The van der Waals surface area contributed by atoms with Gasteiger partial charge in [-0.1, -0.05) is 206 Å². The molecule has 2 atom stereocenters. The molecular weight excluding hydrogens is 1550 g/mol. The maximum Gasteiger partial charge on any atom is 0.159 e. The fourth-order valence-corrected chi connectivity index (χ4v) is 19.8. The average molecular weight is 1610 g/mol. The first-order chi connectivity index (χ1) is 61.4. The van der Waals surface area contributed by atoms with Crippen molar-refractivity contribution in [1.82, 2.24) is 59.8 Å². The van der Waals surface area contributed by atoms with Gasteiger partial charge in [0, 0.05) is 136 Å². The van der Waals surface area contributed by atoms with Gasteiger partial charge in [-0.3, -0.25) is 39.9 Å². The third-order valence-corrected chi connectivity index (χ3v) is 24.8. The van der Waals surface area contributed by atoms with E-state index >= 15 is 0 Å². The predicted octanol–water partition coefficient (Wildman–Crippen LogP) is 25.2. The molecule has 2 aliphatic heterocycles. The van der Waals surface area contributed by atoms with Gasteiger partial charge in [0.1, 0.15) is 0 Å². The molecule has 16 nitrogen and oxygen atoms in total. The second-order valence-corrected chi connectivity index (χ2v) is 31.5. The van der Waals surface area contributed by atoms with E-state index in [1.807, 2.05) is 110 Å². The molecular formula is C107H65ClN14O2. The second-order valence-electron chi connectivity index (χ2n) is 31.1. The first-order valence-corrected chi connectivity index (χ1v) is 41.3. The molecule has 6 aliphatic rings. The van der Waals surface area contributed by atoms with Crippen LogP contribution in [-0.4, -0.2) is 59.8 Å². The van der Waals surface area contributed by atoms with Crippen LogP contribution in [0, 0.1) is 6.92 Å². The van der Waals surface area contributed by atoms with Crippen molar-refractivity contribution in [3.8, 4) is 124 Å². The molecule has 0 amide bonds. The Morgan fingerprint density at radius 1 is 0.266 bits per heavy atom. The van der Waals surface area contributed by atoms with Gasteiger partial charge in [-0.15, -0.1) is 0 Å². The highest BCUT2D eigenvalue weighted by atomic mass is 35.5. The molecule has 12 aromatic carbocycles. The molecule has 0 saturated heterocycles. The lowest BCUT2D eigenvalue weighted by atomic mass is 9.70. The number of aromatic nitrogens is 12. The van der Waals surface area contributed by atoms with Gasteiger partial charge in [-0.25, -0.2) is 19.9 Å². The SMILES string of the molecule is Cc1ccccc1-c1cccc2nccnc12.Clc1cnc2c(c1)C1(c3ccccc3-c3c1ccc1c3Oc3ccccc3N1c1cccc(-c3ncccn3)c1)c1cccnc1-2.c1cnc(-c2cccc(N3c4ccccc4Oc4c3ccc3c4-c4ccccc4C34c3cccnc3-c3ncc(-c5ccccc5-c5cccc6nccnc56)cc34)c2)nc1. The zero-order chi connectivity index (χ0) is 82.1. The van der Waals surface area contributed by atoms with Crippen LogP contribution in [0.4, 0.5) is 34.1 Å². The van der Waals surface area contributed by atoms with Crippen LogP contribution in [0.1, 0.15) is 50.1 Å². The average Bonchev–Trinajstić information content (AvgIpc) is 1.50. The van der Waals surface area contributed by atoms with E-state index in [0.717, 1.165) is 202 Å². The topological polar surface area (TPSA) is 180 Å². The molecule has 20 aromatic rings. The number of aryl methyl sites for hydroxylation is 1. The lowest BCUT2D eigenvalue weighted by Gasteiger charge is -2.35. The highest BCUT2D eigenvalue weighted by Gasteiger charge is 2.57. The highest BCUT2D eigenvalue weighted by Crippen LogP contribution is 2.69. The number of ether oxygens (including phenoxy) is 2. The summed E-state index contributed by atoms with van der Waals surface area (Å²) in [6.45, 7) is 2.12. The molecule has 0 saturated carbocycles. The van der Waals surface area contributed by atoms with E-state index in [9.17, 15) is 0 Å². The minimum Gasteiger partial charge on any atom is -0.452 e. The summed E-state index contributed by atoms with van der Waals surface area (Å²) in [6, 6.07) is 105. The largest absolute Gasteiger partial charge is 0.452 e. The van der Waals surface area contributed by atoms with Gasteiger partial charge in [0.25, 0.3) is 0 Å². The van der Waals surface area contributed by atoms with Gasteiger partial charge < -0.3 is 19.3 Å². The van der Waals surface area contributed by atoms with Gasteiger partial charge in [0.05, 0.1) is 83.4 Å². The number of halogens is 1. The van der Waals surface area contributed by atoms with E-state index in [0.29, 0.717) is 16.7 Å². The lowest BCUT2D eigenvalue weighted by Crippen LogP contribution is -2.26. The van der Waals surface area contributed by atoms with Gasteiger partial charge >= 0.3 is 0 Å². The molecule has 124 heavy (non-hydrogen) atoms. The third kappa shape index (κ3) is 10.9. The van der Waals surface area contributed by atoms with Crippen molar-refractivity contribution >= 4 is 67.8 Å². The third-order valence-electron chi connectivity index (χ3n) is 24.6. The number of hydrogen-bond acceptors (Lipinski definition) is 16. The monoisotopic (exact) mass is 1610 g/mol. The van der Waals surface area contributed by atoms with E-state index in [1.165, 1.54) is 16.7 Å². The molecule has 4 aliphatic carbocycles. The van der Waals surface area contributed by atoms with Crippen molar-refractivity contribution in [3.05, 3.63) is 433 Å². The summed E-state index contributed by atoms with van der Waals surface area (Å²) >= 11 is 6.67. The van der Waals surface area contributed by atoms with Crippen molar-refractivity contribution in [3.63, 3.8) is 0 Å².